The number of carbonyl (C=O) groups excluding carboxylic acids is 1. The molecule has 1 saturated heterocycles. The molecule has 1 amide bonds. The molecule has 2 rings (SSSR count). The molecule has 1 fully saturated rings. The van der Waals surface area contributed by atoms with Gasteiger partial charge in [0.05, 0.1) is 5.56 Å². The fraction of sp³-hybridized carbons (Fsp3) is 0.562. The summed E-state index contributed by atoms with van der Waals surface area (Å²) in [5.41, 5.74) is 0.803. The minimum atomic E-state index is 0. The van der Waals surface area contributed by atoms with Gasteiger partial charge in [0.2, 0.25) is 0 Å². The van der Waals surface area contributed by atoms with E-state index < -0.39 is 0 Å². The van der Waals surface area contributed by atoms with Crippen molar-refractivity contribution >= 4 is 30.1 Å². The second-order valence-corrected chi connectivity index (χ2v) is 7.33. The summed E-state index contributed by atoms with van der Waals surface area (Å²) in [5, 5.41) is 7.04. The first-order valence-corrected chi connectivity index (χ1v) is 8.23. The van der Waals surface area contributed by atoms with Crippen LogP contribution in [0.3, 0.4) is 0 Å². The van der Waals surface area contributed by atoms with Gasteiger partial charge in [0.1, 0.15) is 0 Å². The molecule has 2 N–H and O–H groups in total. The Kier molecular flexibility index (Phi) is 7.57. The van der Waals surface area contributed by atoms with E-state index in [4.69, 9.17) is 0 Å². The van der Waals surface area contributed by atoms with Crippen LogP contribution < -0.4 is 10.6 Å². The summed E-state index contributed by atoms with van der Waals surface area (Å²) in [6.07, 6.45) is 1.01. The van der Waals surface area contributed by atoms with Crippen molar-refractivity contribution in [3.8, 4) is 0 Å². The van der Waals surface area contributed by atoms with E-state index in [9.17, 15) is 4.79 Å². The van der Waals surface area contributed by atoms with Crippen LogP contribution in [0.25, 0.3) is 0 Å². The van der Waals surface area contributed by atoms with Crippen molar-refractivity contribution in [2.24, 2.45) is 5.92 Å². The topological polar surface area (TPSA) is 41.1 Å². The minimum Gasteiger partial charge on any atom is -0.349 e. The van der Waals surface area contributed by atoms with Crippen LogP contribution >= 0.6 is 24.2 Å². The van der Waals surface area contributed by atoms with Gasteiger partial charge < -0.3 is 10.6 Å². The maximum absolute atomic E-state index is 12.5. The number of rotatable bonds is 4. The Morgan fingerprint density at radius 2 is 2.10 bits per heavy atom. The fourth-order valence-electron chi connectivity index (χ4n) is 2.49. The molecule has 2 atom stereocenters. The minimum absolute atomic E-state index is 0. The summed E-state index contributed by atoms with van der Waals surface area (Å²) in [5.74, 6) is 0.546. The summed E-state index contributed by atoms with van der Waals surface area (Å²) in [6, 6.07) is 8.16. The molecule has 3 nitrogen and oxygen atoms in total. The Hall–Kier alpha value is -0.710. The van der Waals surface area contributed by atoms with Crippen LogP contribution in [0.2, 0.25) is 0 Å². The molecule has 2 unspecified atom stereocenters. The molecular formula is C16H25ClN2OS. The van der Waals surface area contributed by atoms with E-state index in [2.05, 4.69) is 31.4 Å². The first-order valence-electron chi connectivity index (χ1n) is 7.35. The van der Waals surface area contributed by atoms with Gasteiger partial charge in [0.15, 0.2) is 0 Å². The molecule has 1 heterocycles. The van der Waals surface area contributed by atoms with Gasteiger partial charge in [-0.15, -0.1) is 24.2 Å². The average Bonchev–Trinajstić information content (AvgIpc) is 2.41. The molecule has 1 aliphatic rings. The van der Waals surface area contributed by atoms with Gasteiger partial charge in [0.25, 0.3) is 5.91 Å². The Labute approximate surface area is 138 Å². The number of halogens is 1. The maximum Gasteiger partial charge on any atom is 0.252 e. The number of thioether (sulfide) groups is 1. The fourth-order valence-corrected chi connectivity index (χ4v) is 3.44. The molecule has 0 spiro atoms. The number of benzene rings is 1. The highest BCUT2D eigenvalue weighted by Gasteiger charge is 2.24. The molecule has 0 saturated carbocycles. The van der Waals surface area contributed by atoms with Gasteiger partial charge >= 0.3 is 0 Å². The average molecular weight is 329 g/mol. The van der Waals surface area contributed by atoms with E-state index in [1.165, 1.54) is 0 Å². The van der Waals surface area contributed by atoms with Crippen LogP contribution in [0.1, 0.15) is 37.6 Å². The van der Waals surface area contributed by atoms with Gasteiger partial charge in [-0.05, 0) is 37.6 Å². The highest BCUT2D eigenvalue weighted by molar-refractivity contribution is 8.00. The van der Waals surface area contributed by atoms with Crippen molar-refractivity contribution in [2.45, 2.75) is 43.4 Å². The van der Waals surface area contributed by atoms with E-state index >= 15 is 0 Å². The number of hydrogen-bond donors (Lipinski definition) is 2. The van der Waals surface area contributed by atoms with Crippen molar-refractivity contribution in [3.05, 3.63) is 29.8 Å². The van der Waals surface area contributed by atoms with Crippen molar-refractivity contribution in [1.82, 2.24) is 10.6 Å². The van der Waals surface area contributed by atoms with Crippen LogP contribution in [-0.2, 0) is 0 Å². The molecule has 1 aromatic carbocycles. The highest BCUT2D eigenvalue weighted by atomic mass is 35.5. The highest BCUT2D eigenvalue weighted by Crippen LogP contribution is 2.26. The third kappa shape index (κ3) is 5.20. The van der Waals surface area contributed by atoms with Gasteiger partial charge in [-0.1, -0.05) is 32.9 Å². The molecule has 0 bridgehead atoms. The second-order valence-electron chi connectivity index (χ2n) is 5.71. The summed E-state index contributed by atoms with van der Waals surface area (Å²) < 4.78 is 0. The number of carbonyl (C=O) groups is 1. The lowest BCUT2D eigenvalue weighted by Gasteiger charge is -2.30. The molecule has 1 aliphatic heterocycles. The molecule has 1 aromatic rings. The first kappa shape index (κ1) is 18.3. The van der Waals surface area contributed by atoms with Gasteiger partial charge in [-0.25, -0.2) is 0 Å². The number of nitrogens with one attached hydrogen (secondary N) is 2. The number of amides is 1. The van der Waals surface area contributed by atoms with Crippen molar-refractivity contribution in [3.63, 3.8) is 0 Å². The smallest absolute Gasteiger partial charge is 0.252 e. The van der Waals surface area contributed by atoms with Gasteiger partial charge in [0, 0.05) is 16.2 Å². The summed E-state index contributed by atoms with van der Waals surface area (Å²) >= 11 is 1.74. The van der Waals surface area contributed by atoms with Crippen LogP contribution in [0.15, 0.2) is 29.2 Å². The normalized spacial score (nSPS) is 21.7. The lowest BCUT2D eigenvalue weighted by Crippen LogP contribution is -2.48. The second kappa shape index (κ2) is 8.66. The largest absolute Gasteiger partial charge is 0.349 e. The SMILES string of the molecule is CC(C)Sc1ccccc1C(=O)NC1CCNCC1C.Cl. The molecule has 21 heavy (non-hydrogen) atoms. The third-order valence-electron chi connectivity index (χ3n) is 3.60. The van der Waals surface area contributed by atoms with Crippen LogP contribution in [-0.4, -0.2) is 30.3 Å². The van der Waals surface area contributed by atoms with Crippen LogP contribution in [0, 0.1) is 5.92 Å². The predicted molar refractivity (Wildman–Crippen MR) is 92.6 cm³/mol. The summed E-state index contributed by atoms with van der Waals surface area (Å²) in [7, 11) is 0. The first-order chi connectivity index (χ1) is 9.58. The van der Waals surface area contributed by atoms with Crippen molar-refractivity contribution < 1.29 is 4.79 Å². The van der Waals surface area contributed by atoms with Gasteiger partial charge in [-0.3, -0.25) is 4.79 Å². The predicted octanol–water partition coefficient (Wildman–Crippen LogP) is 3.34. The summed E-state index contributed by atoms with van der Waals surface area (Å²) in [4.78, 5) is 13.6. The quantitative estimate of drug-likeness (QED) is 0.833. The Morgan fingerprint density at radius 3 is 2.76 bits per heavy atom. The zero-order valence-corrected chi connectivity index (χ0v) is 14.5. The van der Waals surface area contributed by atoms with Crippen molar-refractivity contribution in [1.29, 1.82) is 0 Å². The van der Waals surface area contributed by atoms with Crippen LogP contribution in [0.4, 0.5) is 0 Å². The zero-order valence-electron chi connectivity index (χ0n) is 12.9. The third-order valence-corrected chi connectivity index (χ3v) is 4.68. The number of hydrogen-bond acceptors (Lipinski definition) is 3. The Bertz CT molecular complexity index is 467. The molecule has 118 valence electrons. The van der Waals surface area contributed by atoms with E-state index in [0.717, 1.165) is 30.0 Å². The lowest BCUT2D eigenvalue weighted by molar-refractivity contribution is 0.0911. The Morgan fingerprint density at radius 1 is 1.38 bits per heavy atom. The van der Waals surface area contributed by atoms with Crippen LogP contribution in [0.5, 0.6) is 0 Å². The van der Waals surface area contributed by atoms with Gasteiger partial charge in [-0.2, -0.15) is 0 Å². The van der Waals surface area contributed by atoms with E-state index in [-0.39, 0.29) is 24.4 Å². The van der Waals surface area contributed by atoms with E-state index in [1.807, 2.05) is 24.3 Å². The zero-order chi connectivity index (χ0) is 14.5. The molecule has 0 radical (unpaired) electrons. The lowest BCUT2D eigenvalue weighted by atomic mass is 9.95. The molecule has 5 heteroatoms. The molecular weight excluding hydrogens is 304 g/mol. The number of piperidine rings is 1. The maximum atomic E-state index is 12.5. The monoisotopic (exact) mass is 328 g/mol. The molecule has 0 aromatic heterocycles. The standard InChI is InChI=1S/C16H24N2OS.ClH/c1-11(2)20-15-7-5-4-6-13(15)16(19)18-14-8-9-17-10-12(14)3;/h4-7,11-12,14,17H,8-10H2,1-3H3,(H,18,19);1H. The van der Waals surface area contributed by atoms with E-state index in [0.29, 0.717) is 11.2 Å². The van der Waals surface area contributed by atoms with E-state index in [1.54, 1.807) is 11.8 Å². The Balaban J connectivity index is 0.00000220. The van der Waals surface area contributed by atoms with Crippen molar-refractivity contribution in [2.75, 3.05) is 13.1 Å². The summed E-state index contributed by atoms with van der Waals surface area (Å²) in [6.45, 7) is 8.44. The molecule has 0 aliphatic carbocycles.